The van der Waals surface area contributed by atoms with E-state index >= 15 is 0 Å². The van der Waals surface area contributed by atoms with Crippen LogP contribution in [0.3, 0.4) is 0 Å². The molecule has 0 fully saturated rings. The van der Waals surface area contributed by atoms with Crippen LogP contribution >= 0.6 is 35.0 Å². The third-order valence-corrected chi connectivity index (χ3v) is 7.51. The number of amides is 3. The first-order chi connectivity index (χ1) is 19.7. The second-order valence-electron chi connectivity index (χ2n) is 8.72. The molecular weight excluding hydrogens is 584 g/mol. The standard InChI is InChI=1S/C31H24Cl2FN3O3S/c1-19(29(38)36-27-13-6-5-10-25(27)33)41-22-16-14-21(15-17-22)35-31(40)28(18-23-24(32)11-7-12-26(23)34)37-30(39)20-8-3-2-4-9-20/h2-19H,1H3,(H,35,40)(H,36,38)(H,37,39)/b28-18-. The SMILES string of the molecule is CC(Sc1ccc(NC(=O)/C(=C/c2c(F)cccc2Cl)NC(=O)c2ccccc2)cc1)C(=O)Nc1ccccc1Cl. The highest BCUT2D eigenvalue weighted by Gasteiger charge is 2.18. The van der Waals surface area contributed by atoms with Crippen LogP contribution in [0, 0.1) is 5.82 Å². The van der Waals surface area contributed by atoms with Crippen LogP contribution in [0.4, 0.5) is 15.8 Å². The third-order valence-electron chi connectivity index (χ3n) is 5.74. The molecule has 0 saturated carbocycles. The van der Waals surface area contributed by atoms with Gasteiger partial charge in [-0.15, -0.1) is 11.8 Å². The number of anilines is 2. The highest BCUT2D eigenvalue weighted by molar-refractivity contribution is 8.00. The molecule has 0 heterocycles. The number of nitrogens with one attached hydrogen (secondary N) is 3. The largest absolute Gasteiger partial charge is 0.324 e. The summed E-state index contributed by atoms with van der Waals surface area (Å²) >= 11 is 13.6. The maximum absolute atomic E-state index is 14.5. The van der Waals surface area contributed by atoms with Crippen molar-refractivity contribution in [1.29, 1.82) is 0 Å². The zero-order valence-corrected chi connectivity index (χ0v) is 24.0. The summed E-state index contributed by atoms with van der Waals surface area (Å²) in [5, 5.41) is 8.18. The first-order valence-corrected chi connectivity index (χ1v) is 14.0. The van der Waals surface area contributed by atoms with Crippen molar-refractivity contribution in [2.75, 3.05) is 10.6 Å². The quantitative estimate of drug-likeness (QED) is 0.135. The van der Waals surface area contributed by atoms with Crippen LogP contribution in [0.2, 0.25) is 10.0 Å². The van der Waals surface area contributed by atoms with E-state index in [2.05, 4.69) is 16.0 Å². The van der Waals surface area contributed by atoms with E-state index in [1.54, 1.807) is 85.8 Å². The summed E-state index contributed by atoms with van der Waals surface area (Å²) in [7, 11) is 0. The van der Waals surface area contributed by atoms with Crippen LogP contribution in [-0.4, -0.2) is 23.0 Å². The van der Waals surface area contributed by atoms with E-state index in [-0.39, 0.29) is 22.2 Å². The molecule has 1 atom stereocenters. The van der Waals surface area contributed by atoms with Gasteiger partial charge in [0.15, 0.2) is 0 Å². The maximum Gasteiger partial charge on any atom is 0.272 e. The number of benzene rings is 4. The number of rotatable bonds is 9. The molecule has 0 radical (unpaired) electrons. The molecule has 3 N–H and O–H groups in total. The fourth-order valence-electron chi connectivity index (χ4n) is 3.61. The van der Waals surface area contributed by atoms with Gasteiger partial charge in [-0.3, -0.25) is 14.4 Å². The molecule has 6 nitrogen and oxygen atoms in total. The van der Waals surface area contributed by atoms with Crippen molar-refractivity contribution >= 4 is 70.1 Å². The van der Waals surface area contributed by atoms with Gasteiger partial charge in [0.1, 0.15) is 11.5 Å². The smallest absolute Gasteiger partial charge is 0.272 e. The number of carbonyl (C=O) groups is 3. The van der Waals surface area contributed by atoms with Crippen LogP contribution in [0.5, 0.6) is 0 Å². The van der Waals surface area contributed by atoms with Crippen LogP contribution in [-0.2, 0) is 9.59 Å². The molecule has 1 unspecified atom stereocenters. The molecule has 4 rings (SSSR count). The van der Waals surface area contributed by atoms with Crippen molar-refractivity contribution in [1.82, 2.24) is 5.32 Å². The molecule has 0 aliphatic carbocycles. The van der Waals surface area contributed by atoms with Crippen molar-refractivity contribution in [2.45, 2.75) is 17.1 Å². The van der Waals surface area contributed by atoms with Gasteiger partial charge in [0.25, 0.3) is 11.8 Å². The normalized spacial score (nSPS) is 11.9. The molecule has 208 valence electrons. The van der Waals surface area contributed by atoms with Crippen molar-refractivity contribution in [3.63, 3.8) is 0 Å². The van der Waals surface area contributed by atoms with Crippen LogP contribution < -0.4 is 16.0 Å². The molecule has 0 aromatic heterocycles. The van der Waals surface area contributed by atoms with Gasteiger partial charge in [0.05, 0.1) is 21.0 Å². The van der Waals surface area contributed by atoms with E-state index in [0.717, 1.165) is 4.90 Å². The Kier molecular flexibility index (Phi) is 10.2. The Balaban J connectivity index is 1.47. The summed E-state index contributed by atoms with van der Waals surface area (Å²) in [5.41, 5.74) is 1.04. The predicted octanol–water partition coefficient (Wildman–Crippen LogP) is 7.66. The number of hydrogen-bond donors (Lipinski definition) is 3. The van der Waals surface area contributed by atoms with Gasteiger partial charge in [0.2, 0.25) is 5.91 Å². The zero-order valence-electron chi connectivity index (χ0n) is 21.7. The van der Waals surface area contributed by atoms with Gasteiger partial charge < -0.3 is 16.0 Å². The molecule has 4 aromatic rings. The van der Waals surface area contributed by atoms with E-state index in [9.17, 15) is 18.8 Å². The number of halogens is 3. The number of para-hydroxylation sites is 1. The average Bonchev–Trinajstić information content (AvgIpc) is 2.97. The summed E-state index contributed by atoms with van der Waals surface area (Å²) in [6.45, 7) is 1.77. The fraction of sp³-hybridized carbons (Fsp3) is 0.0645. The van der Waals surface area contributed by atoms with Gasteiger partial charge in [-0.05, 0) is 73.7 Å². The molecule has 3 amide bonds. The molecule has 4 aromatic carbocycles. The van der Waals surface area contributed by atoms with Crippen molar-refractivity contribution in [3.05, 3.63) is 130 Å². The van der Waals surface area contributed by atoms with E-state index in [4.69, 9.17) is 23.2 Å². The van der Waals surface area contributed by atoms with Crippen LogP contribution in [0.25, 0.3) is 6.08 Å². The number of carbonyl (C=O) groups excluding carboxylic acids is 3. The minimum Gasteiger partial charge on any atom is -0.324 e. The lowest BCUT2D eigenvalue weighted by molar-refractivity contribution is -0.115. The lowest BCUT2D eigenvalue weighted by atomic mass is 10.1. The summed E-state index contributed by atoms with van der Waals surface area (Å²) in [4.78, 5) is 39.4. The molecule has 0 saturated heterocycles. The second kappa shape index (κ2) is 14.0. The second-order valence-corrected chi connectivity index (χ2v) is 10.9. The Hall–Kier alpha value is -4.11. The highest BCUT2D eigenvalue weighted by Crippen LogP contribution is 2.28. The van der Waals surface area contributed by atoms with Crippen molar-refractivity contribution < 1.29 is 18.8 Å². The lowest BCUT2D eigenvalue weighted by Gasteiger charge is -2.14. The van der Waals surface area contributed by atoms with Crippen molar-refractivity contribution in [3.8, 4) is 0 Å². The van der Waals surface area contributed by atoms with E-state index in [1.807, 2.05) is 0 Å². The average molecular weight is 609 g/mol. The third kappa shape index (κ3) is 8.20. The van der Waals surface area contributed by atoms with Gasteiger partial charge in [-0.1, -0.05) is 59.6 Å². The monoisotopic (exact) mass is 607 g/mol. The Labute approximate surface area is 250 Å². The van der Waals surface area contributed by atoms with Gasteiger partial charge in [-0.25, -0.2) is 4.39 Å². The summed E-state index contributed by atoms with van der Waals surface area (Å²) < 4.78 is 14.5. The first kappa shape index (κ1) is 29.9. The first-order valence-electron chi connectivity index (χ1n) is 12.4. The van der Waals surface area contributed by atoms with Crippen LogP contribution in [0.1, 0.15) is 22.8 Å². The Morgan fingerprint density at radius 1 is 0.805 bits per heavy atom. The van der Waals surface area contributed by atoms with Gasteiger partial charge in [-0.2, -0.15) is 0 Å². The Morgan fingerprint density at radius 2 is 1.46 bits per heavy atom. The summed E-state index contributed by atoms with van der Waals surface area (Å²) in [6, 6.07) is 26.2. The van der Waals surface area contributed by atoms with Crippen LogP contribution in [0.15, 0.2) is 108 Å². The zero-order chi connectivity index (χ0) is 29.4. The predicted molar refractivity (Wildman–Crippen MR) is 164 cm³/mol. The topological polar surface area (TPSA) is 87.3 Å². The number of thioether (sulfide) groups is 1. The van der Waals surface area contributed by atoms with E-state index in [0.29, 0.717) is 22.0 Å². The molecule has 0 spiro atoms. The van der Waals surface area contributed by atoms with E-state index in [1.165, 1.54) is 36.0 Å². The molecule has 41 heavy (non-hydrogen) atoms. The highest BCUT2D eigenvalue weighted by atomic mass is 35.5. The minimum absolute atomic E-state index is 0.0384. The van der Waals surface area contributed by atoms with E-state index < -0.39 is 22.9 Å². The molecule has 0 bridgehead atoms. The molecule has 0 aliphatic rings. The lowest BCUT2D eigenvalue weighted by Crippen LogP contribution is -2.30. The van der Waals surface area contributed by atoms with Crippen molar-refractivity contribution in [2.24, 2.45) is 0 Å². The van der Waals surface area contributed by atoms with Gasteiger partial charge >= 0.3 is 0 Å². The molecule has 0 aliphatic heterocycles. The summed E-state index contributed by atoms with van der Waals surface area (Å²) in [5.74, 6) is -2.08. The minimum atomic E-state index is -0.679. The van der Waals surface area contributed by atoms with Gasteiger partial charge in [0, 0.05) is 21.7 Å². The summed E-state index contributed by atoms with van der Waals surface area (Å²) in [6.07, 6.45) is 1.19. The molecule has 10 heteroatoms. The molecular formula is C31H24Cl2FN3O3S. The Morgan fingerprint density at radius 3 is 2.15 bits per heavy atom. The number of hydrogen-bond acceptors (Lipinski definition) is 4. The maximum atomic E-state index is 14.5. The Bertz CT molecular complexity index is 1580. The fourth-order valence-corrected chi connectivity index (χ4v) is 4.87.